The number of carbonyl (C=O) groups excluding carboxylic acids is 1. The van der Waals surface area contributed by atoms with Gasteiger partial charge in [-0.15, -0.1) is 0 Å². The predicted octanol–water partition coefficient (Wildman–Crippen LogP) is 1.12. The van der Waals surface area contributed by atoms with E-state index in [2.05, 4.69) is 37.9 Å². The summed E-state index contributed by atoms with van der Waals surface area (Å²) in [5, 5.41) is 3.40. The first-order valence-electron chi connectivity index (χ1n) is 7.64. The maximum atomic E-state index is 11.9. The smallest absolute Gasteiger partial charge is 0.237 e. The number of ether oxygens (including phenoxy) is 1. The molecule has 0 aromatic carbocycles. The Morgan fingerprint density at radius 3 is 2.55 bits per heavy atom. The number of rotatable bonds is 8. The zero-order chi connectivity index (χ0) is 15.3. The largest absolute Gasteiger partial charge is 0.383 e. The van der Waals surface area contributed by atoms with Gasteiger partial charge in [-0.3, -0.25) is 9.69 Å². The average Bonchev–Trinajstić information content (AvgIpc) is 2.73. The van der Waals surface area contributed by atoms with Crippen molar-refractivity contribution < 1.29 is 9.53 Å². The molecule has 0 saturated heterocycles. The fourth-order valence-corrected chi connectivity index (χ4v) is 3.34. The highest BCUT2D eigenvalue weighted by Crippen LogP contribution is 2.34. The van der Waals surface area contributed by atoms with Crippen LogP contribution in [-0.2, 0) is 9.53 Å². The lowest BCUT2D eigenvalue weighted by atomic mass is 9.95. The van der Waals surface area contributed by atoms with E-state index in [-0.39, 0.29) is 11.9 Å². The van der Waals surface area contributed by atoms with E-state index < -0.39 is 5.54 Å². The first-order chi connectivity index (χ1) is 9.32. The third-order valence-electron chi connectivity index (χ3n) is 4.21. The molecule has 1 aliphatic carbocycles. The number of amides is 1. The number of nitrogens with zero attached hydrogens (tertiary/aromatic N) is 1. The molecule has 0 radical (unpaired) electrons. The molecule has 0 aromatic heterocycles. The zero-order valence-electron chi connectivity index (χ0n) is 13.6. The zero-order valence-corrected chi connectivity index (χ0v) is 13.6. The van der Waals surface area contributed by atoms with E-state index in [4.69, 9.17) is 10.5 Å². The molecule has 1 fully saturated rings. The van der Waals surface area contributed by atoms with E-state index in [1.165, 1.54) is 0 Å². The van der Waals surface area contributed by atoms with E-state index >= 15 is 0 Å². The molecule has 2 atom stereocenters. The molecule has 2 unspecified atom stereocenters. The molecule has 5 nitrogen and oxygen atoms in total. The Hall–Kier alpha value is -0.650. The Morgan fingerprint density at radius 2 is 2.10 bits per heavy atom. The molecule has 0 spiro atoms. The third-order valence-corrected chi connectivity index (χ3v) is 4.21. The van der Waals surface area contributed by atoms with Gasteiger partial charge in [0.15, 0.2) is 0 Å². The molecule has 1 aliphatic rings. The molecule has 118 valence electrons. The van der Waals surface area contributed by atoms with Crippen LogP contribution < -0.4 is 11.1 Å². The van der Waals surface area contributed by atoms with Crippen molar-refractivity contribution in [2.45, 2.75) is 70.6 Å². The lowest BCUT2D eigenvalue weighted by molar-refractivity contribution is -0.124. The summed E-state index contributed by atoms with van der Waals surface area (Å²) >= 11 is 0. The molecule has 1 rings (SSSR count). The lowest BCUT2D eigenvalue weighted by Crippen LogP contribution is -2.57. The summed E-state index contributed by atoms with van der Waals surface area (Å²) in [6.45, 7) is 10.1. The van der Waals surface area contributed by atoms with Crippen molar-refractivity contribution in [3.8, 4) is 0 Å². The van der Waals surface area contributed by atoms with Crippen LogP contribution in [0.4, 0.5) is 0 Å². The SMILES string of the molecule is COCCN(C(C)C)C1CCC(NC(C)C)(C(N)=O)C1. The van der Waals surface area contributed by atoms with Crippen LogP contribution in [0.15, 0.2) is 0 Å². The molecule has 0 heterocycles. The second-order valence-corrected chi connectivity index (χ2v) is 6.47. The van der Waals surface area contributed by atoms with Gasteiger partial charge < -0.3 is 15.8 Å². The summed E-state index contributed by atoms with van der Waals surface area (Å²) in [6.07, 6.45) is 2.62. The van der Waals surface area contributed by atoms with Gasteiger partial charge in [-0.1, -0.05) is 0 Å². The van der Waals surface area contributed by atoms with Gasteiger partial charge in [0, 0.05) is 31.8 Å². The van der Waals surface area contributed by atoms with E-state index in [0.717, 1.165) is 32.4 Å². The van der Waals surface area contributed by atoms with Crippen molar-refractivity contribution in [2.75, 3.05) is 20.3 Å². The summed E-state index contributed by atoms with van der Waals surface area (Å²) in [7, 11) is 1.72. The van der Waals surface area contributed by atoms with Crippen LogP contribution in [0.5, 0.6) is 0 Å². The Labute approximate surface area is 123 Å². The highest BCUT2D eigenvalue weighted by molar-refractivity contribution is 5.85. The van der Waals surface area contributed by atoms with Gasteiger partial charge in [0.25, 0.3) is 0 Å². The summed E-state index contributed by atoms with van der Waals surface area (Å²) in [6, 6.07) is 1.09. The number of methoxy groups -OCH3 is 1. The Morgan fingerprint density at radius 1 is 1.45 bits per heavy atom. The number of carbonyl (C=O) groups is 1. The van der Waals surface area contributed by atoms with Crippen LogP contribution in [0.2, 0.25) is 0 Å². The summed E-state index contributed by atoms with van der Waals surface area (Å²) in [5.74, 6) is -0.218. The number of hydrogen-bond acceptors (Lipinski definition) is 4. The molecule has 0 bridgehead atoms. The van der Waals surface area contributed by atoms with Gasteiger partial charge in [0.05, 0.1) is 12.1 Å². The molecular formula is C15H31N3O2. The van der Waals surface area contributed by atoms with E-state index in [1.54, 1.807) is 7.11 Å². The van der Waals surface area contributed by atoms with Gasteiger partial charge in [-0.2, -0.15) is 0 Å². The molecule has 1 saturated carbocycles. The quantitative estimate of drug-likeness (QED) is 0.701. The topological polar surface area (TPSA) is 67.6 Å². The van der Waals surface area contributed by atoms with Gasteiger partial charge in [-0.05, 0) is 47.0 Å². The maximum absolute atomic E-state index is 11.9. The number of nitrogens with two attached hydrogens (primary N) is 1. The molecule has 5 heteroatoms. The van der Waals surface area contributed by atoms with Crippen LogP contribution in [0, 0.1) is 0 Å². The van der Waals surface area contributed by atoms with Crippen LogP contribution >= 0.6 is 0 Å². The number of primary amides is 1. The normalized spacial score (nSPS) is 26.9. The average molecular weight is 285 g/mol. The summed E-state index contributed by atoms with van der Waals surface area (Å²) in [5.41, 5.74) is 5.13. The van der Waals surface area contributed by atoms with E-state index in [1.807, 2.05) is 0 Å². The van der Waals surface area contributed by atoms with Crippen LogP contribution in [-0.4, -0.2) is 54.7 Å². The Kier molecular flexibility index (Phi) is 6.43. The Balaban J connectivity index is 2.77. The first kappa shape index (κ1) is 17.4. The van der Waals surface area contributed by atoms with Gasteiger partial charge in [-0.25, -0.2) is 0 Å². The molecular weight excluding hydrogens is 254 g/mol. The number of nitrogens with one attached hydrogen (secondary N) is 1. The highest BCUT2D eigenvalue weighted by Gasteiger charge is 2.46. The van der Waals surface area contributed by atoms with Gasteiger partial charge in [0.2, 0.25) is 5.91 Å². The van der Waals surface area contributed by atoms with E-state index in [9.17, 15) is 4.79 Å². The summed E-state index contributed by atoms with van der Waals surface area (Å²) < 4.78 is 5.20. The first-order valence-corrected chi connectivity index (χ1v) is 7.64. The van der Waals surface area contributed by atoms with Crippen molar-refractivity contribution in [2.24, 2.45) is 5.73 Å². The molecule has 0 aliphatic heterocycles. The minimum absolute atomic E-state index is 0.218. The summed E-state index contributed by atoms with van der Waals surface area (Å²) in [4.78, 5) is 14.4. The van der Waals surface area contributed by atoms with Crippen molar-refractivity contribution in [3.05, 3.63) is 0 Å². The van der Waals surface area contributed by atoms with Crippen LogP contribution in [0.3, 0.4) is 0 Å². The molecule has 3 N–H and O–H groups in total. The third kappa shape index (κ3) is 4.17. The second kappa shape index (κ2) is 7.38. The van der Waals surface area contributed by atoms with Crippen LogP contribution in [0.25, 0.3) is 0 Å². The molecule has 20 heavy (non-hydrogen) atoms. The standard InChI is InChI=1S/C15H31N3O2/c1-11(2)17-15(14(16)19)7-6-13(10-15)18(12(3)4)8-9-20-5/h11-13,17H,6-10H2,1-5H3,(H2,16,19). The van der Waals surface area contributed by atoms with Crippen molar-refractivity contribution in [1.82, 2.24) is 10.2 Å². The lowest BCUT2D eigenvalue weighted by Gasteiger charge is -2.35. The second-order valence-electron chi connectivity index (χ2n) is 6.47. The predicted molar refractivity (Wildman–Crippen MR) is 81.6 cm³/mol. The minimum Gasteiger partial charge on any atom is -0.383 e. The van der Waals surface area contributed by atoms with E-state index in [0.29, 0.717) is 12.1 Å². The van der Waals surface area contributed by atoms with Crippen molar-refractivity contribution >= 4 is 5.91 Å². The Bertz CT molecular complexity index is 320. The van der Waals surface area contributed by atoms with Gasteiger partial charge in [0.1, 0.15) is 0 Å². The van der Waals surface area contributed by atoms with Crippen molar-refractivity contribution in [3.63, 3.8) is 0 Å². The van der Waals surface area contributed by atoms with Gasteiger partial charge >= 0.3 is 0 Å². The molecule has 0 aromatic rings. The van der Waals surface area contributed by atoms with Crippen LogP contribution in [0.1, 0.15) is 47.0 Å². The fraction of sp³-hybridized carbons (Fsp3) is 0.933. The molecule has 1 amide bonds. The van der Waals surface area contributed by atoms with Crippen molar-refractivity contribution in [1.29, 1.82) is 0 Å². The minimum atomic E-state index is -0.543. The maximum Gasteiger partial charge on any atom is 0.237 e. The highest BCUT2D eigenvalue weighted by atomic mass is 16.5. The monoisotopic (exact) mass is 285 g/mol. The fourth-order valence-electron chi connectivity index (χ4n) is 3.34. The number of hydrogen-bond donors (Lipinski definition) is 2.